The van der Waals surface area contributed by atoms with E-state index >= 15 is 0 Å². The Morgan fingerprint density at radius 3 is 2.95 bits per heavy atom. The third kappa shape index (κ3) is 3.29. The normalized spacial score (nSPS) is 27.1. The van der Waals surface area contributed by atoms with Gasteiger partial charge in [-0.2, -0.15) is 5.06 Å². The largest absolute Gasteiger partial charge is 0.390 e. The van der Waals surface area contributed by atoms with Gasteiger partial charge in [-0.05, 0) is 0 Å². The Kier molecular flexibility index (Phi) is 4.15. The first-order chi connectivity index (χ1) is 8.97. The minimum Gasteiger partial charge on any atom is -0.390 e. The fourth-order valence-electron chi connectivity index (χ4n) is 1.91. The van der Waals surface area contributed by atoms with Crippen molar-refractivity contribution >= 4 is 0 Å². The van der Waals surface area contributed by atoms with Crippen LogP contribution in [0.1, 0.15) is 12.6 Å². The van der Waals surface area contributed by atoms with E-state index in [1.807, 2.05) is 0 Å². The van der Waals surface area contributed by atoms with E-state index < -0.39 is 29.7 Å². The van der Waals surface area contributed by atoms with E-state index in [2.05, 4.69) is 4.98 Å². The zero-order chi connectivity index (χ0) is 14.0. The van der Waals surface area contributed by atoms with Crippen LogP contribution in [-0.4, -0.2) is 52.6 Å². The lowest BCUT2D eigenvalue weighted by Crippen LogP contribution is -2.32. The summed E-state index contributed by atoms with van der Waals surface area (Å²) in [6, 6.07) is 1.24. The number of ether oxygens (including phenoxy) is 1. The number of rotatable bonds is 4. The fraction of sp³-hybridized carbons (Fsp3) is 0.636. The molecule has 2 heterocycles. The summed E-state index contributed by atoms with van der Waals surface area (Å²) in [6.45, 7) is 0.197. The molecule has 2 N–H and O–H groups in total. The molecule has 0 saturated carbocycles. The van der Waals surface area contributed by atoms with Gasteiger partial charge in [-0.1, -0.05) is 0 Å². The summed E-state index contributed by atoms with van der Waals surface area (Å²) >= 11 is 0. The average Bonchev–Trinajstić information content (AvgIpc) is 2.67. The standard InChI is InChI=1S/C11H17N3O5/c1-13(2)18-6-8-7(15)5-10(19-8)14-4-3-9(16)12-11(14)17/h3-4,7-8,10,15H,5-6H2,1-2H3,(H,12,16,17)/t7-,8+,10+/m0/s1. The molecule has 3 atom stereocenters. The summed E-state index contributed by atoms with van der Waals surface area (Å²) < 4.78 is 6.82. The van der Waals surface area contributed by atoms with Crippen molar-refractivity contribution in [1.82, 2.24) is 14.6 Å². The molecule has 0 spiro atoms. The average molecular weight is 271 g/mol. The Morgan fingerprint density at radius 2 is 2.32 bits per heavy atom. The molecule has 19 heavy (non-hydrogen) atoms. The van der Waals surface area contributed by atoms with Crippen LogP contribution in [0.25, 0.3) is 0 Å². The zero-order valence-corrected chi connectivity index (χ0v) is 10.8. The maximum absolute atomic E-state index is 11.6. The number of aromatic amines is 1. The number of aromatic nitrogens is 2. The van der Waals surface area contributed by atoms with Gasteiger partial charge in [-0.25, -0.2) is 4.79 Å². The topological polar surface area (TPSA) is 96.8 Å². The van der Waals surface area contributed by atoms with E-state index in [1.165, 1.54) is 21.9 Å². The van der Waals surface area contributed by atoms with Crippen molar-refractivity contribution in [3.63, 3.8) is 0 Å². The lowest BCUT2D eigenvalue weighted by molar-refractivity contribution is -0.165. The van der Waals surface area contributed by atoms with E-state index in [0.29, 0.717) is 0 Å². The highest BCUT2D eigenvalue weighted by molar-refractivity contribution is 4.88. The molecule has 1 saturated heterocycles. The van der Waals surface area contributed by atoms with Crippen LogP contribution < -0.4 is 11.2 Å². The van der Waals surface area contributed by atoms with Crippen LogP contribution in [0.2, 0.25) is 0 Å². The van der Waals surface area contributed by atoms with Crippen LogP contribution in [-0.2, 0) is 9.57 Å². The van der Waals surface area contributed by atoms with Crippen molar-refractivity contribution in [2.24, 2.45) is 0 Å². The Bertz CT molecular complexity index is 538. The summed E-state index contributed by atoms with van der Waals surface area (Å²) in [6.07, 6.45) is -0.202. The summed E-state index contributed by atoms with van der Waals surface area (Å²) in [7, 11) is 3.45. The van der Waals surface area contributed by atoms with Crippen molar-refractivity contribution in [3.05, 3.63) is 33.1 Å². The molecule has 2 rings (SSSR count). The van der Waals surface area contributed by atoms with Crippen LogP contribution in [0, 0.1) is 0 Å². The molecule has 106 valence electrons. The molecule has 0 aliphatic carbocycles. The third-order valence-electron chi connectivity index (χ3n) is 2.86. The minimum atomic E-state index is -0.719. The number of hydroxylamine groups is 2. The smallest absolute Gasteiger partial charge is 0.330 e. The number of hydrogen-bond acceptors (Lipinski definition) is 6. The lowest BCUT2D eigenvalue weighted by atomic mass is 10.2. The Hall–Kier alpha value is -1.48. The van der Waals surface area contributed by atoms with Gasteiger partial charge in [-0.15, -0.1) is 0 Å². The van der Waals surface area contributed by atoms with E-state index in [-0.39, 0.29) is 13.0 Å². The van der Waals surface area contributed by atoms with Crippen molar-refractivity contribution < 1.29 is 14.7 Å². The van der Waals surface area contributed by atoms with Gasteiger partial charge in [0, 0.05) is 32.8 Å². The predicted molar refractivity (Wildman–Crippen MR) is 65.5 cm³/mol. The first kappa shape index (κ1) is 13.9. The van der Waals surface area contributed by atoms with Gasteiger partial charge < -0.3 is 9.84 Å². The molecule has 0 amide bonds. The van der Waals surface area contributed by atoms with Crippen LogP contribution in [0.5, 0.6) is 0 Å². The molecule has 1 fully saturated rings. The van der Waals surface area contributed by atoms with Gasteiger partial charge in [0.25, 0.3) is 5.56 Å². The van der Waals surface area contributed by atoms with Crippen molar-refractivity contribution in [3.8, 4) is 0 Å². The molecule has 1 aromatic heterocycles. The zero-order valence-electron chi connectivity index (χ0n) is 10.8. The van der Waals surface area contributed by atoms with Gasteiger partial charge in [0.05, 0.1) is 12.7 Å². The Morgan fingerprint density at radius 1 is 1.58 bits per heavy atom. The highest BCUT2D eigenvalue weighted by atomic mass is 16.7. The predicted octanol–water partition coefficient (Wildman–Crippen LogP) is -1.32. The van der Waals surface area contributed by atoms with Gasteiger partial charge in [0.2, 0.25) is 0 Å². The molecule has 1 aliphatic heterocycles. The molecule has 0 bridgehead atoms. The number of aliphatic hydroxyl groups is 1. The molecular weight excluding hydrogens is 254 g/mol. The second kappa shape index (κ2) is 5.66. The Labute approximate surface area is 109 Å². The summed E-state index contributed by atoms with van der Waals surface area (Å²) in [5.74, 6) is 0. The molecule has 8 heteroatoms. The van der Waals surface area contributed by atoms with E-state index in [1.54, 1.807) is 14.1 Å². The number of nitrogens with zero attached hydrogens (tertiary/aromatic N) is 2. The maximum Gasteiger partial charge on any atom is 0.330 e. The van der Waals surface area contributed by atoms with Crippen LogP contribution in [0.3, 0.4) is 0 Å². The fourth-order valence-corrected chi connectivity index (χ4v) is 1.91. The van der Waals surface area contributed by atoms with E-state index in [9.17, 15) is 14.7 Å². The maximum atomic E-state index is 11.6. The molecular formula is C11H17N3O5. The summed E-state index contributed by atoms with van der Waals surface area (Å²) in [5, 5.41) is 11.4. The number of aliphatic hydroxyl groups excluding tert-OH is 1. The van der Waals surface area contributed by atoms with Crippen LogP contribution in [0.15, 0.2) is 21.9 Å². The van der Waals surface area contributed by atoms with Gasteiger partial charge in [-0.3, -0.25) is 19.2 Å². The second-order valence-electron chi connectivity index (χ2n) is 4.56. The molecule has 8 nitrogen and oxygen atoms in total. The second-order valence-corrected chi connectivity index (χ2v) is 4.56. The van der Waals surface area contributed by atoms with Gasteiger partial charge >= 0.3 is 5.69 Å². The highest BCUT2D eigenvalue weighted by Gasteiger charge is 2.35. The quantitative estimate of drug-likeness (QED) is 0.659. The Balaban J connectivity index is 2.07. The lowest BCUT2D eigenvalue weighted by Gasteiger charge is -2.18. The molecule has 1 aromatic rings. The van der Waals surface area contributed by atoms with E-state index in [0.717, 1.165) is 0 Å². The monoisotopic (exact) mass is 271 g/mol. The summed E-state index contributed by atoms with van der Waals surface area (Å²) in [5.41, 5.74) is -1.02. The first-order valence-electron chi connectivity index (χ1n) is 5.92. The first-order valence-corrected chi connectivity index (χ1v) is 5.92. The van der Waals surface area contributed by atoms with Crippen LogP contribution in [0.4, 0.5) is 0 Å². The molecule has 0 aromatic carbocycles. The molecule has 0 unspecified atom stereocenters. The third-order valence-corrected chi connectivity index (χ3v) is 2.86. The van der Waals surface area contributed by atoms with Crippen LogP contribution >= 0.6 is 0 Å². The van der Waals surface area contributed by atoms with Crippen molar-refractivity contribution in [2.75, 3.05) is 20.7 Å². The van der Waals surface area contributed by atoms with Crippen molar-refractivity contribution in [2.45, 2.75) is 24.9 Å². The van der Waals surface area contributed by atoms with Crippen molar-refractivity contribution in [1.29, 1.82) is 0 Å². The number of hydrogen-bond donors (Lipinski definition) is 2. The molecule has 1 aliphatic rings. The van der Waals surface area contributed by atoms with E-state index in [4.69, 9.17) is 9.57 Å². The van der Waals surface area contributed by atoms with Gasteiger partial charge in [0.1, 0.15) is 12.3 Å². The number of nitrogens with one attached hydrogen (secondary N) is 1. The van der Waals surface area contributed by atoms with Gasteiger partial charge in [0.15, 0.2) is 0 Å². The summed E-state index contributed by atoms with van der Waals surface area (Å²) in [4.78, 5) is 30.0. The number of H-pyrrole nitrogens is 1. The highest BCUT2D eigenvalue weighted by Crippen LogP contribution is 2.27. The molecule has 0 radical (unpaired) electrons. The minimum absolute atomic E-state index is 0.197. The SMILES string of the molecule is CN(C)OC[C@H]1O[C@@H](n2ccc(=O)[nH]c2=O)C[C@@H]1O.